The van der Waals surface area contributed by atoms with Crippen molar-refractivity contribution in [1.82, 2.24) is 5.32 Å². The second-order valence-corrected chi connectivity index (χ2v) is 5.29. The summed E-state index contributed by atoms with van der Waals surface area (Å²) in [5.74, 6) is -1.58. The molecular formula is C13H20FNO5. The lowest BCUT2D eigenvalue weighted by molar-refractivity contribution is -0.129. The molecule has 2 aliphatic rings. The van der Waals surface area contributed by atoms with Crippen LogP contribution in [0.2, 0.25) is 0 Å². The quantitative estimate of drug-likeness (QED) is 0.566. The highest BCUT2D eigenvalue weighted by molar-refractivity contribution is 5.79. The molecule has 0 saturated carbocycles. The summed E-state index contributed by atoms with van der Waals surface area (Å²) in [5, 5.41) is 30.2. The van der Waals surface area contributed by atoms with E-state index in [4.69, 9.17) is 9.84 Å². The average molecular weight is 289 g/mol. The summed E-state index contributed by atoms with van der Waals surface area (Å²) in [7, 11) is 0. The van der Waals surface area contributed by atoms with Crippen LogP contribution in [0.3, 0.4) is 0 Å². The van der Waals surface area contributed by atoms with Gasteiger partial charge in [-0.1, -0.05) is 0 Å². The smallest absolute Gasteiger partial charge is 0.225 e. The zero-order valence-electron chi connectivity index (χ0n) is 11.0. The molecule has 114 valence electrons. The van der Waals surface area contributed by atoms with E-state index in [1.165, 1.54) is 6.08 Å². The lowest BCUT2D eigenvalue weighted by Crippen LogP contribution is -2.41. The molecule has 6 nitrogen and oxygen atoms in total. The van der Waals surface area contributed by atoms with Crippen molar-refractivity contribution in [3.63, 3.8) is 0 Å². The Morgan fingerprint density at radius 2 is 2.20 bits per heavy atom. The number of hydrogen-bond donors (Lipinski definition) is 4. The van der Waals surface area contributed by atoms with E-state index in [1.807, 2.05) is 0 Å². The Bertz CT molecular complexity index is 389. The third-order valence-electron chi connectivity index (χ3n) is 3.79. The maximum absolute atomic E-state index is 13.2. The zero-order chi connectivity index (χ0) is 14.7. The zero-order valence-corrected chi connectivity index (χ0v) is 11.0. The molecule has 1 saturated heterocycles. The third kappa shape index (κ3) is 3.54. The summed E-state index contributed by atoms with van der Waals surface area (Å²) >= 11 is 0. The van der Waals surface area contributed by atoms with Gasteiger partial charge in [0.05, 0.1) is 18.8 Å². The third-order valence-corrected chi connectivity index (χ3v) is 3.79. The van der Waals surface area contributed by atoms with Gasteiger partial charge in [-0.25, -0.2) is 4.39 Å². The molecule has 0 aliphatic carbocycles. The maximum Gasteiger partial charge on any atom is 0.225 e. The first-order valence-electron chi connectivity index (χ1n) is 6.79. The van der Waals surface area contributed by atoms with Crippen molar-refractivity contribution in [2.24, 2.45) is 5.92 Å². The number of hydrogen-bond acceptors (Lipinski definition) is 5. The fourth-order valence-corrected chi connectivity index (χ4v) is 2.66. The van der Waals surface area contributed by atoms with Crippen molar-refractivity contribution in [3.8, 4) is 0 Å². The lowest BCUT2D eigenvalue weighted by Gasteiger charge is -2.23. The van der Waals surface area contributed by atoms with Gasteiger partial charge in [0.25, 0.3) is 0 Å². The highest BCUT2D eigenvalue weighted by Gasteiger charge is 2.36. The molecule has 5 atom stereocenters. The predicted molar refractivity (Wildman–Crippen MR) is 67.1 cm³/mol. The monoisotopic (exact) mass is 289 g/mol. The van der Waals surface area contributed by atoms with Crippen molar-refractivity contribution in [2.75, 3.05) is 6.61 Å². The van der Waals surface area contributed by atoms with Crippen LogP contribution in [0.15, 0.2) is 11.9 Å². The summed E-state index contributed by atoms with van der Waals surface area (Å²) in [6, 6.07) is 0. The number of rotatable bonds is 3. The first kappa shape index (κ1) is 15.4. The van der Waals surface area contributed by atoms with E-state index in [0.29, 0.717) is 25.7 Å². The van der Waals surface area contributed by atoms with Gasteiger partial charge in [0.15, 0.2) is 6.23 Å². The van der Waals surface area contributed by atoms with E-state index >= 15 is 0 Å². The Balaban J connectivity index is 1.94. The fourth-order valence-electron chi connectivity index (χ4n) is 2.66. The van der Waals surface area contributed by atoms with E-state index in [2.05, 4.69) is 5.32 Å². The van der Waals surface area contributed by atoms with Crippen molar-refractivity contribution in [3.05, 3.63) is 11.9 Å². The van der Waals surface area contributed by atoms with Gasteiger partial charge in [-0.05, 0) is 25.3 Å². The van der Waals surface area contributed by atoms with Crippen LogP contribution < -0.4 is 5.32 Å². The molecule has 5 unspecified atom stereocenters. The van der Waals surface area contributed by atoms with E-state index in [9.17, 15) is 19.4 Å². The largest absolute Gasteiger partial charge is 0.394 e. The lowest BCUT2D eigenvalue weighted by atomic mass is 9.92. The molecule has 0 aromatic heterocycles. The Kier molecular flexibility index (Phi) is 5.09. The van der Waals surface area contributed by atoms with Crippen LogP contribution in [0.5, 0.6) is 0 Å². The molecule has 0 aromatic carbocycles. The number of aliphatic hydroxyl groups excluding tert-OH is 3. The first-order chi connectivity index (χ1) is 9.51. The fraction of sp³-hybridized carbons (Fsp3) is 0.769. The van der Waals surface area contributed by atoms with Crippen LogP contribution in [0.4, 0.5) is 4.39 Å². The Hall–Kier alpha value is -1.02. The minimum atomic E-state index is -1.59. The Labute approximate surface area is 116 Å². The highest BCUT2D eigenvalue weighted by atomic mass is 19.1. The number of aliphatic hydroxyl groups is 3. The van der Waals surface area contributed by atoms with Crippen LogP contribution in [-0.4, -0.2) is 52.4 Å². The normalized spacial score (nSPS) is 38.9. The van der Waals surface area contributed by atoms with Gasteiger partial charge in [0.1, 0.15) is 11.9 Å². The van der Waals surface area contributed by atoms with Crippen LogP contribution in [0.25, 0.3) is 0 Å². The van der Waals surface area contributed by atoms with Gasteiger partial charge in [-0.15, -0.1) is 0 Å². The van der Waals surface area contributed by atoms with E-state index in [-0.39, 0.29) is 12.7 Å². The molecule has 2 rings (SSSR count). The van der Waals surface area contributed by atoms with Crippen LogP contribution in [0, 0.1) is 5.92 Å². The first-order valence-corrected chi connectivity index (χ1v) is 6.79. The van der Waals surface area contributed by atoms with E-state index in [1.54, 1.807) is 0 Å². The summed E-state index contributed by atoms with van der Waals surface area (Å²) in [6.07, 6.45) is -0.440. The van der Waals surface area contributed by atoms with Gasteiger partial charge < -0.3 is 25.4 Å². The van der Waals surface area contributed by atoms with Crippen molar-refractivity contribution < 1.29 is 29.2 Å². The molecular weight excluding hydrogens is 269 g/mol. The summed E-state index contributed by atoms with van der Waals surface area (Å²) < 4.78 is 18.6. The number of amides is 1. The number of carbonyl (C=O) groups is 1. The molecule has 1 amide bonds. The minimum absolute atomic E-state index is 0.263. The summed E-state index contributed by atoms with van der Waals surface area (Å²) in [6.45, 7) is -0.263. The number of nitrogens with one attached hydrogen (secondary N) is 1. The van der Waals surface area contributed by atoms with Crippen LogP contribution in [-0.2, 0) is 9.53 Å². The molecule has 2 aliphatic heterocycles. The molecule has 4 N–H and O–H groups in total. The Morgan fingerprint density at radius 1 is 1.45 bits per heavy atom. The SMILES string of the molecule is O=C1NC(O)C(F)=CCCC1CC1CC(O)C(CO)O1. The summed E-state index contributed by atoms with van der Waals surface area (Å²) in [5.41, 5.74) is 0. The van der Waals surface area contributed by atoms with E-state index in [0.717, 1.165) is 0 Å². The number of carbonyl (C=O) groups excluding carboxylic acids is 1. The minimum Gasteiger partial charge on any atom is -0.394 e. The number of allylic oxidation sites excluding steroid dienone is 1. The molecule has 0 bridgehead atoms. The van der Waals surface area contributed by atoms with Crippen molar-refractivity contribution in [2.45, 2.75) is 50.2 Å². The topological polar surface area (TPSA) is 99.0 Å². The predicted octanol–water partition coefficient (Wildman–Crippen LogP) is -0.415. The molecule has 20 heavy (non-hydrogen) atoms. The molecule has 0 radical (unpaired) electrons. The Morgan fingerprint density at radius 3 is 2.85 bits per heavy atom. The van der Waals surface area contributed by atoms with Gasteiger partial charge in [-0.3, -0.25) is 4.79 Å². The highest BCUT2D eigenvalue weighted by Crippen LogP contribution is 2.28. The summed E-state index contributed by atoms with van der Waals surface area (Å²) in [4.78, 5) is 11.9. The molecule has 7 heteroatoms. The molecule has 2 heterocycles. The van der Waals surface area contributed by atoms with Gasteiger partial charge in [-0.2, -0.15) is 0 Å². The molecule has 1 fully saturated rings. The second kappa shape index (κ2) is 6.62. The number of halogens is 1. The molecule has 0 spiro atoms. The van der Waals surface area contributed by atoms with Gasteiger partial charge in [0.2, 0.25) is 5.91 Å². The number of ether oxygens (including phenoxy) is 1. The standard InChI is InChI=1S/C13H20FNO5/c14-9-3-1-2-7(12(18)15-13(9)19)4-8-5-10(17)11(6-16)20-8/h3,7-8,10-11,13,16-17,19H,1-2,4-6H2,(H,15,18). The molecule has 0 aromatic rings. The average Bonchev–Trinajstić information content (AvgIpc) is 2.76. The van der Waals surface area contributed by atoms with Crippen molar-refractivity contribution in [1.29, 1.82) is 0 Å². The van der Waals surface area contributed by atoms with Gasteiger partial charge >= 0.3 is 0 Å². The maximum atomic E-state index is 13.2. The van der Waals surface area contributed by atoms with Crippen LogP contribution in [0.1, 0.15) is 25.7 Å². The second-order valence-electron chi connectivity index (χ2n) is 5.29. The van der Waals surface area contributed by atoms with Gasteiger partial charge in [0, 0.05) is 12.3 Å². The van der Waals surface area contributed by atoms with E-state index < -0.39 is 36.1 Å². The van der Waals surface area contributed by atoms with Crippen molar-refractivity contribution >= 4 is 5.91 Å². The van der Waals surface area contributed by atoms with Crippen LogP contribution >= 0.6 is 0 Å².